The molecule has 3 N–H and O–H groups in total. The molecule has 0 spiro atoms. The third-order valence-electron chi connectivity index (χ3n) is 3.25. The van der Waals surface area contributed by atoms with Crippen LogP contribution in [0.5, 0.6) is 0 Å². The minimum atomic E-state index is -1.68. The molecule has 0 saturated carbocycles. The highest BCUT2D eigenvalue weighted by Crippen LogP contribution is 2.29. The van der Waals surface area contributed by atoms with E-state index in [-0.39, 0.29) is 0 Å². The van der Waals surface area contributed by atoms with Gasteiger partial charge in [0.1, 0.15) is 6.17 Å². The molecule has 0 aliphatic carbocycles. The highest BCUT2D eigenvalue weighted by atomic mass is 35.6. The normalized spacial score (nSPS) is 12.5. The molecule has 4 nitrogen and oxygen atoms in total. The summed E-state index contributed by atoms with van der Waals surface area (Å²) in [5.74, 6) is 0. The summed E-state index contributed by atoms with van der Waals surface area (Å²) in [5, 5.41) is 8.41. The highest BCUT2D eigenvalue weighted by Gasteiger charge is 2.33. The number of carbonyl (C=O) groups is 1. The lowest BCUT2D eigenvalue weighted by Crippen LogP contribution is -2.55. The summed E-state index contributed by atoms with van der Waals surface area (Å²) < 4.78 is -1.68. The van der Waals surface area contributed by atoms with Gasteiger partial charge in [0.25, 0.3) is 0 Å². The van der Waals surface area contributed by atoms with E-state index >= 15 is 0 Å². The van der Waals surface area contributed by atoms with Gasteiger partial charge >= 0.3 is 6.03 Å². The van der Waals surface area contributed by atoms with E-state index in [4.69, 9.17) is 34.8 Å². The van der Waals surface area contributed by atoms with Crippen LogP contribution in [0.15, 0.2) is 60.7 Å². The fraction of sp³-hybridized carbons (Fsp3) is 0.235. The van der Waals surface area contributed by atoms with Gasteiger partial charge in [0.15, 0.2) is 0 Å². The third-order valence-corrected chi connectivity index (χ3v) is 3.91. The maximum atomic E-state index is 12.0. The zero-order valence-electron chi connectivity index (χ0n) is 12.8. The van der Waals surface area contributed by atoms with Crippen molar-refractivity contribution in [3.05, 3.63) is 71.8 Å². The predicted octanol–water partition coefficient (Wildman–Crippen LogP) is 3.97. The fourth-order valence-corrected chi connectivity index (χ4v) is 2.42. The second-order valence-electron chi connectivity index (χ2n) is 5.15. The average Bonchev–Trinajstić information content (AvgIpc) is 2.57. The Kier molecular flexibility index (Phi) is 7.18. The van der Waals surface area contributed by atoms with E-state index in [1.807, 2.05) is 60.7 Å². The van der Waals surface area contributed by atoms with Gasteiger partial charge in [-0.05, 0) is 11.1 Å². The predicted molar refractivity (Wildman–Crippen MR) is 99.2 cm³/mol. The molecule has 1 atom stereocenters. The molecule has 2 rings (SSSR count). The number of benzene rings is 2. The fourth-order valence-electron chi connectivity index (χ4n) is 2.02. The van der Waals surface area contributed by atoms with Gasteiger partial charge in [0.05, 0.1) is 0 Å². The van der Waals surface area contributed by atoms with E-state index in [1.54, 1.807) is 0 Å². The summed E-state index contributed by atoms with van der Waals surface area (Å²) in [7, 11) is 0. The first-order chi connectivity index (χ1) is 11.4. The number of halogens is 3. The van der Waals surface area contributed by atoms with Crippen molar-refractivity contribution in [3.8, 4) is 0 Å². The van der Waals surface area contributed by atoms with Crippen molar-refractivity contribution in [2.45, 2.75) is 23.0 Å². The van der Waals surface area contributed by atoms with Gasteiger partial charge in [0.2, 0.25) is 3.79 Å². The molecular weight excluding hydrogens is 369 g/mol. The average molecular weight is 387 g/mol. The number of carbonyl (C=O) groups excluding carboxylic acids is 1. The Morgan fingerprint density at radius 2 is 1.38 bits per heavy atom. The lowest BCUT2D eigenvalue weighted by molar-refractivity contribution is 0.233. The molecule has 0 bridgehead atoms. The molecule has 0 heterocycles. The lowest BCUT2D eigenvalue weighted by Gasteiger charge is -2.26. The van der Waals surface area contributed by atoms with Gasteiger partial charge in [0, 0.05) is 13.1 Å². The Morgan fingerprint density at radius 1 is 0.875 bits per heavy atom. The van der Waals surface area contributed by atoms with Crippen LogP contribution in [-0.4, -0.2) is 16.0 Å². The molecule has 7 heteroatoms. The van der Waals surface area contributed by atoms with Gasteiger partial charge in [-0.15, -0.1) is 0 Å². The molecule has 0 aliphatic heterocycles. The molecule has 24 heavy (non-hydrogen) atoms. The Hall–Kier alpha value is -1.46. The number of hydrogen-bond donors (Lipinski definition) is 3. The maximum Gasteiger partial charge on any atom is 0.316 e. The summed E-state index contributed by atoms with van der Waals surface area (Å²) in [6.07, 6.45) is -0.835. The second kappa shape index (κ2) is 9.14. The van der Waals surface area contributed by atoms with Crippen LogP contribution in [0, 0.1) is 0 Å². The number of alkyl halides is 3. The smallest absolute Gasteiger partial charge is 0.316 e. The molecule has 0 saturated heterocycles. The van der Waals surface area contributed by atoms with Crippen LogP contribution in [0.25, 0.3) is 0 Å². The maximum absolute atomic E-state index is 12.0. The first-order valence-electron chi connectivity index (χ1n) is 7.37. The molecule has 128 valence electrons. The molecule has 2 aromatic rings. The summed E-state index contributed by atoms with van der Waals surface area (Å²) in [5.41, 5.74) is 2.00. The van der Waals surface area contributed by atoms with Crippen molar-refractivity contribution in [3.63, 3.8) is 0 Å². The topological polar surface area (TPSA) is 53.2 Å². The van der Waals surface area contributed by atoms with Gasteiger partial charge in [-0.3, -0.25) is 5.32 Å². The second-order valence-corrected chi connectivity index (χ2v) is 7.52. The Labute approximate surface area is 156 Å². The zero-order valence-corrected chi connectivity index (χ0v) is 15.1. The van der Waals surface area contributed by atoms with Gasteiger partial charge in [-0.1, -0.05) is 95.5 Å². The van der Waals surface area contributed by atoms with Crippen LogP contribution >= 0.6 is 34.8 Å². The third kappa shape index (κ3) is 6.57. The van der Waals surface area contributed by atoms with E-state index in [1.165, 1.54) is 0 Å². The molecule has 1 unspecified atom stereocenters. The van der Waals surface area contributed by atoms with Crippen molar-refractivity contribution in [1.82, 2.24) is 16.0 Å². The van der Waals surface area contributed by atoms with Crippen molar-refractivity contribution in [2.24, 2.45) is 0 Å². The van der Waals surface area contributed by atoms with Crippen molar-refractivity contribution in [1.29, 1.82) is 0 Å². The van der Waals surface area contributed by atoms with Crippen molar-refractivity contribution in [2.75, 3.05) is 0 Å². The summed E-state index contributed by atoms with van der Waals surface area (Å²) in [6, 6.07) is 18.8. The Bertz CT molecular complexity index is 633. The largest absolute Gasteiger partial charge is 0.334 e. The SMILES string of the molecule is O=C(NCc1ccccc1)NC(NCc1ccccc1)C(Cl)(Cl)Cl. The van der Waals surface area contributed by atoms with Crippen LogP contribution < -0.4 is 16.0 Å². The van der Waals surface area contributed by atoms with Crippen LogP contribution in [0.3, 0.4) is 0 Å². The Balaban J connectivity index is 1.87. The summed E-state index contributed by atoms with van der Waals surface area (Å²) in [4.78, 5) is 12.0. The van der Waals surface area contributed by atoms with Crippen molar-refractivity contribution < 1.29 is 4.79 Å². The molecule has 2 aromatic carbocycles. The van der Waals surface area contributed by atoms with E-state index in [0.717, 1.165) is 11.1 Å². The minimum Gasteiger partial charge on any atom is -0.334 e. The number of urea groups is 1. The lowest BCUT2D eigenvalue weighted by atomic mass is 10.2. The van der Waals surface area contributed by atoms with E-state index < -0.39 is 16.0 Å². The molecule has 0 aliphatic rings. The van der Waals surface area contributed by atoms with Gasteiger partial charge < -0.3 is 10.6 Å². The van der Waals surface area contributed by atoms with Crippen LogP contribution in [0.1, 0.15) is 11.1 Å². The molecular formula is C17H18Cl3N3O. The summed E-state index contributed by atoms with van der Waals surface area (Å²) >= 11 is 17.9. The van der Waals surface area contributed by atoms with E-state index in [0.29, 0.717) is 13.1 Å². The molecule has 0 aromatic heterocycles. The monoisotopic (exact) mass is 385 g/mol. The highest BCUT2D eigenvalue weighted by molar-refractivity contribution is 6.68. The molecule has 0 radical (unpaired) electrons. The number of amides is 2. The van der Waals surface area contributed by atoms with Crippen LogP contribution in [0.2, 0.25) is 0 Å². The molecule has 0 fully saturated rings. The number of rotatable bonds is 6. The van der Waals surface area contributed by atoms with E-state index in [9.17, 15) is 4.79 Å². The zero-order chi connectivity index (χ0) is 17.4. The van der Waals surface area contributed by atoms with Gasteiger partial charge in [-0.2, -0.15) is 0 Å². The number of hydrogen-bond acceptors (Lipinski definition) is 2. The quantitative estimate of drug-likeness (QED) is 0.520. The van der Waals surface area contributed by atoms with Crippen molar-refractivity contribution >= 4 is 40.8 Å². The molecule has 2 amide bonds. The van der Waals surface area contributed by atoms with Gasteiger partial charge in [-0.25, -0.2) is 4.79 Å². The number of nitrogens with one attached hydrogen (secondary N) is 3. The van der Waals surface area contributed by atoms with Crippen LogP contribution in [0.4, 0.5) is 4.79 Å². The standard InChI is InChI=1S/C17H18Cl3N3O/c18-17(19,20)15(21-11-13-7-3-1-4-8-13)23-16(24)22-12-14-9-5-2-6-10-14/h1-10,15,21H,11-12H2,(H2,22,23,24). The summed E-state index contributed by atoms with van der Waals surface area (Å²) in [6.45, 7) is 0.844. The van der Waals surface area contributed by atoms with E-state index in [2.05, 4.69) is 16.0 Å². The first kappa shape index (κ1) is 18.9. The Morgan fingerprint density at radius 3 is 1.88 bits per heavy atom. The van der Waals surface area contributed by atoms with Crippen LogP contribution in [-0.2, 0) is 13.1 Å². The first-order valence-corrected chi connectivity index (χ1v) is 8.51. The minimum absolute atomic E-state index is 0.387.